The number of alkyl halides is 1. The lowest BCUT2D eigenvalue weighted by Gasteiger charge is -2.09. The van der Waals surface area contributed by atoms with E-state index in [9.17, 15) is 9.50 Å². The molecule has 0 aliphatic carbocycles. The summed E-state index contributed by atoms with van der Waals surface area (Å²) in [5.41, 5.74) is 0.244. The normalized spacial score (nSPS) is 29.5. The molecule has 0 spiro atoms. The maximum absolute atomic E-state index is 13.0. The van der Waals surface area contributed by atoms with E-state index >= 15 is 0 Å². The first-order valence-electron chi connectivity index (χ1n) is 5.35. The Morgan fingerprint density at radius 1 is 1.38 bits per heavy atom. The molecule has 1 aromatic rings. The summed E-state index contributed by atoms with van der Waals surface area (Å²) in [5.74, 6) is 0. The molecule has 1 aliphatic heterocycles. The van der Waals surface area contributed by atoms with Gasteiger partial charge in [-0.1, -0.05) is 30.3 Å². The highest BCUT2D eigenvalue weighted by molar-refractivity contribution is 8.00. The SMILES string of the molecule is OC1S[C@H](COCc2ccccc2)CC1F. The molecular weight excluding hydrogens is 227 g/mol. The zero-order valence-electron chi connectivity index (χ0n) is 8.88. The lowest BCUT2D eigenvalue weighted by atomic mass is 10.2. The third-order valence-electron chi connectivity index (χ3n) is 2.54. The third-order valence-corrected chi connectivity index (χ3v) is 3.83. The number of rotatable bonds is 4. The van der Waals surface area contributed by atoms with E-state index in [0.29, 0.717) is 19.6 Å². The molecule has 16 heavy (non-hydrogen) atoms. The van der Waals surface area contributed by atoms with Gasteiger partial charge >= 0.3 is 0 Å². The molecule has 1 N–H and O–H groups in total. The number of hydrogen-bond donors (Lipinski definition) is 1. The molecule has 0 radical (unpaired) electrons. The molecule has 0 aromatic heterocycles. The smallest absolute Gasteiger partial charge is 0.136 e. The Labute approximate surface area is 98.8 Å². The Balaban J connectivity index is 1.69. The molecule has 4 heteroatoms. The Morgan fingerprint density at radius 3 is 2.75 bits per heavy atom. The number of ether oxygens (including phenoxy) is 1. The summed E-state index contributed by atoms with van der Waals surface area (Å²) in [6, 6.07) is 9.87. The number of benzene rings is 1. The number of thioether (sulfide) groups is 1. The van der Waals surface area contributed by atoms with Gasteiger partial charge in [0.1, 0.15) is 11.6 Å². The van der Waals surface area contributed by atoms with Gasteiger partial charge in [-0.2, -0.15) is 0 Å². The van der Waals surface area contributed by atoms with Crippen molar-refractivity contribution in [1.29, 1.82) is 0 Å². The first kappa shape index (κ1) is 11.9. The van der Waals surface area contributed by atoms with Crippen LogP contribution in [0.3, 0.4) is 0 Å². The average molecular weight is 242 g/mol. The minimum absolute atomic E-state index is 0.0775. The summed E-state index contributed by atoms with van der Waals surface area (Å²) in [6.45, 7) is 1.04. The topological polar surface area (TPSA) is 29.5 Å². The van der Waals surface area contributed by atoms with Crippen LogP contribution < -0.4 is 0 Å². The monoisotopic (exact) mass is 242 g/mol. The third kappa shape index (κ3) is 3.20. The number of halogens is 1. The van der Waals surface area contributed by atoms with Crippen LogP contribution in [0.15, 0.2) is 30.3 Å². The summed E-state index contributed by atoms with van der Waals surface area (Å²) in [4.78, 5) is 0. The summed E-state index contributed by atoms with van der Waals surface area (Å²) < 4.78 is 18.5. The van der Waals surface area contributed by atoms with Crippen LogP contribution in [-0.4, -0.2) is 28.6 Å². The molecule has 2 nitrogen and oxygen atoms in total. The molecule has 1 saturated heterocycles. The first-order chi connectivity index (χ1) is 7.75. The van der Waals surface area contributed by atoms with Gasteiger partial charge in [-0.05, 0) is 12.0 Å². The van der Waals surface area contributed by atoms with Gasteiger partial charge in [0, 0.05) is 5.25 Å². The fraction of sp³-hybridized carbons (Fsp3) is 0.500. The maximum atomic E-state index is 13.0. The molecule has 1 aliphatic rings. The predicted octanol–water partition coefficient (Wildman–Crippen LogP) is 2.37. The van der Waals surface area contributed by atoms with Crippen LogP contribution in [0.25, 0.3) is 0 Å². The van der Waals surface area contributed by atoms with Gasteiger partial charge in [-0.3, -0.25) is 0 Å². The Bertz CT molecular complexity index is 310. The fourth-order valence-electron chi connectivity index (χ4n) is 1.70. The number of aliphatic hydroxyl groups excluding tert-OH is 1. The molecular formula is C12H15FO2S. The van der Waals surface area contributed by atoms with Crippen LogP contribution in [-0.2, 0) is 11.3 Å². The van der Waals surface area contributed by atoms with Gasteiger partial charge in [0.25, 0.3) is 0 Å². The van der Waals surface area contributed by atoms with E-state index in [0.717, 1.165) is 5.56 Å². The second-order valence-electron chi connectivity index (χ2n) is 3.90. The van der Waals surface area contributed by atoms with E-state index < -0.39 is 11.6 Å². The van der Waals surface area contributed by atoms with Gasteiger partial charge < -0.3 is 9.84 Å². The first-order valence-corrected chi connectivity index (χ1v) is 6.29. The Kier molecular flexibility index (Phi) is 4.21. The number of hydrogen-bond acceptors (Lipinski definition) is 3. The second kappa shape index (κ2) is 5.66. The summed E-state index contributed by atoms with van der Waals surface area (Å²) >= 11 is 1.26. The van der Waals surface area contributed by atoms with Gasteiger partial charge in [0.2, 0.25) is 0 Å². The van der Waals surface area contributed by atoms with Crippen LogP contribution >= 0.6 is 11.8 Å². The van der Waals surface area contributed by atoms with Crippen molar-refractivity contribution in [2.45, 2.75) is 29.9 Å². The molecule has 0 saturated carbocycles. The lowest BCUT2D eigenvalue weighted by molar-refractivity contribution is 0.111. The zero-order valence-corrected chi connectivity index (χ0v) is 9.70. The van der Waals surface area contributed by atoms with Crippen molar-refractivity contribution >= 4 is 11.8 Å². The highest BCUT2D eigenvalue weighted by Gasteiger charge is 2.33. The van der Waals surface area contributed by atoms with Crippen molar-refractivity contribution in [3.63, 3.8) is 0 Å². The van der Waals surface area contributed by atoms with Crippen LogP contribution in [0.1, 0.15) is 12.0 Å². The maximum Gasteiger partial charge on any atom is 0.136 e. The van der Waals surface area contributed by atoms with E-state index in [1.807, 2.05) is 30.3 Å². The summed E-state index contributed by atoms with van der Waals surface area (Å²) in [5, 5.41) is 9.29. The predicted molar refractivity (Wildman–Crippen MR) is 63.0 cm³/mol. The summed E-state index contributed by atoms with van der Waals surface area (Å²) in [7, 11) is 0. The number of aliphatic hydroxyl groups is 1. The second-order valence-corrected chi connectivity index (χ2v) is 5.32. The lowest BCUT2D eigenvalue weighted by Crippen LogP contribution is -2.11. The van der Waals surface area contributed by atoms with E-state index in [4.69, 9.17) is 4.74 Å². The van der Waals surface area contributed by atoms with Crippen molar-refractivity contribution in [1.82, 2.24) is 0 Å². The molecule has 1 heterocycles. The van der Waals surface area contributed by atoms with Crippen molar-refractivity contribution < 1.29 is 14.2 Å². The molecule has 0 bridgehead atoms. The van der Waals surface area contributed by atoms with Crippen LogP contribution in [0, 0.1) is 0 Å². The van der Waals surface area contributed by atoms with Crippen LogP contribution in [0.5, 0.6) is 0 Å². The van der Waals surface area contributed by atoms with Crippen LogP contribution in [0.2, 0.25) is 0 Å². The molecule has 88 valence electrons. The van der Waals surface area contributed by atoms with Crippen molar-refractivity contribution in [2.24, 2.45) is 0 Å². The minimum atomic E-state index is -1.10. The standard InChI is InChI=1S/C12H15FO2S/c13-11-6-10(16-12(11)14)8-15-7-9-4-2-1-3-5-9/h1-5,10-12,14H,6-8H2/t10-,11?,12?/m0/s1. The van der Waals surface area contributed by atoms with Crippen molar-refractivity contribution in [3.05, 3.63) is 35.9 Å². The van der Waals surface area contributed by atoms with E-state index in [1.54, 1.807) is 0 Å². The largest absolute Gasteiger partial charge is 0.379 e. The molecule has 2 rings (SSSR count). The van der Waals surface area contributed by atoms with Gasteiger partial charge in [0.05, 0.1) is 13.2 Å². The van der Waals surface area contributed by atoms with Gasteiger partial charge in [0.15, 0.2) is 0 Å². The zero-order chi connectivity index (χ0) is 11.4. The van der Waals surface area contributed by atoms with E-state index in [-0.39, 0.29) is 5.25 Å². The van der Waals surface area contributed by atoms with E-state index in [2.05, 4.69) is 0 Å². The van der Waals surface area contributed by atoms with E-state index in [1.165, 1.54) is 11.8 Å². The quantitative estimate of drug-likeness (QED) is 0.879. The van der Waals surface area contributed by atoms with Gasteiger partial charge in [-0.25, -0.2) is 4.39 Å². The van der Waals surface area contributed by atoms with Crippen molar-refractivity contribution in [2.75, 3.05) is 6.61 Å². The summed E-state index contributed by atoms with van der Waals surface area (Å²) in [6.07, 6.45) is -0.712. The van der Waals surface area contributed by atoms with Crippen molar-refractivity contribution in [3.8, 4) is 0 Å². The highest BCUT2D eigenvalue weighted by atomic mass is 32.2. The highest BCUT2D eigenvalue weighted by Crippen LogP contribution is 2.34. The fourth-order valence-corrected chi connectivity index (χ4v) is 2.84. The Morgan fingerprint density at radius 2 is 2.12 bits per heavy atom. The molecule has 1 fully saturated rings. The molecule has 2 unspecified atom stereocenters. The molecule has 0 amide bonds. The molecule has 1 aromatic carbocycles. The minimum Gasteiger partial charge on any atom is -0.379 e. The van der Waals surface area contributed by atoms with Gasteiger partial charge in [-0.15, -0.1) is 11.8 Å². The Hall–Kier alpha value is -0.580. The van der Waals surface area contributed by atoms with Crippen LogP contribution in [0.4, 0.5) is 4.39 Å². The average Bonchev–Trinajstić information content (AvgIpc) is 2.60. The molecule has 3 atom stereocenters.